The summed E-state index contributed by atoms with van der Waals surface area (Å²) >= 11 is 6.03. The summed E-state index contributed by atoms with van der Waals surface area (Å²) < 4.78 is 69.6. The summed E-state index contributed by atoms with van der Waals surface area (Å²) in [4.78, 5) is 16.4. The zero-order valence-corrected chi connectivity index (χ0v) is 20.7. The number of pyridine rings is 1. The second kappa shape index (κ2) is 9.48. The average molecular weight is 523 g/mol. The first kappa shape index (κ1) is 25.5. The van der Waals surface area contributed by atoms with Crippen LogP contribution in [0.2, 0.25) is 5.02 Å². The van der Waals surface area contributed by atoms with Crippen LogP contribution in [0.4, 0.5) is 13.2 Å². The number of nitrogens with zero attached hydrogens (tertiary/aromatic N) is 1. The van der Waals surface area contributed by atoms with Gasteiger partial charge in [-0.2, -0.15) is 13.2 Å². The minimum Gasteiger partial charge on any atom is -0.480 e. The molecule has 0 aliphatic heterocycles. The van der Waals surface area contributed by atoms with E-state index in [1.807, 2.05) is 0 Å². The van der Waals surface area contributed by atoms with Gasteiger partial charge in [-0.15, -0.1) is 0 Å². The highest BCUT2D eigenvalue weighted by molar-refractivity contribution is 7.92. The third-order valence-electron chi connectivity index (χ3n) is 7.36. The molecule has 6 nitrogen and oxygen atoms in total. The number of nitrogens with one attached hydrogen (secondary N) is 1. The molecule has 3 saturated carbocycles. The van der Waals surface area contributed by atoms with Crippen LogP contribution < -0.4 is 10.1 Å². The number of aromatic nitrogens is 1. The van der Waals surface area contributed by atoms with Gasteiger partial charge in [-0.25, -0.2) is 13.4 Å². The molecule has 0 atom stereocenters. The molecule has 34 heavy (non-hydrogen) atoms. The van der Waals surface area contributed by atoms with E-state index in [9.17, 15) is 26.4 Å². The van der Waals surface area contributed by atoms with Crippen LogP contribution in [0.3, 0.4) is 0 Å². The number of sulfone groups is 1. The first-order chi connectivity index (χ1) is 15.9. The van der Waals surface area contributed by atoms with Gasteiger partial charge in [0.2, 0.25) is 5.88 Å². The van der Waals surface area contributed by atoms with Crippen LogP contribution in [0.1, 0.15) is 73.8 Å². The summed E-state index contributed by atoms with van der Waals surface area (Å²) in [5.41, 5.74) is -1.71. The molecule has 1 aromatic rings. The van der Waals surface area contributed by atoms with Crippen molar-refractivity contribution in [3.05, 3.63) is 22.3 Å². The van der Waals surface area contributed by atoms with E-state index in [0.29, 0.717) is 50.1 Å². The molecule has 0 aromatic carbocycles. The lowest BCUT2D eigenvalue weighted by Gasteiger charge is -2.40. The lowest BCUT2D eigenvalue weighted by molar-refractivity contribution is -0.141. The van der Waals surface area contributed by atoms with Crippen LogP contribution in [0.25, 0.3) is 0 Å². The van der Waals surface area contributed by atoms with Crippen molar-refractivity contribution in [3.8, 4) is 5.88 Å². The maximum Gasteiger partial charge on any atom is 0.433 e. The van der Waals surface area contributed by atoms with E-state index in [1.54, 1.807) is 0 Å². The molecule has 1 aromatic heterocycles. The molecule has 0 bridgehead atoms. The van der Waals surface area contributed by atoms with Gasteiger partial charge in [-0.3, -0.25) is 4.79 Å². The highest BCUT2D eigenvalue weighted by atomic mass is 35.5. The quantitative estimate of drug-likeness (QED) is 0.491. The van der Waals surface area contributed by atoms with Gasteiger partial charge < -0.3 is 10.1 Å². The largest absolute Gasteiger partial charge is 0.480 e. The first-order valence-corrected chi connectivity index (χ1v) is 13.8. The number of amides is 1. The number of carbonyl (C=O) groups excluding carboxylic acids is 1. The Labute approximate surface area is 202 Å². The molecule has 3 aliphatic rings. The Morgan fingerprint density at radius 1 is 1.18 bits per heavy atom. The van der Waals surface area contributed by atoms with Gasteiger partial charge in [0.05, 0.1) is 23.1 Å². The molecule has 190 valence electrons. The van der Waals surface area contributed by atoms with E-state index in [0.717, 1.165) is 39.2 Å². The van der Waals surface area contributed by atoms with Gasteiger partial charge in [0, 0.05) is 6.54 Å². The fourth-order valence-electron chi connectivity index (χ4n) is 5.05. The Hall–Kier alpha value is -1.55. The highest BCUT2D eigenvalue weighted by Crippen LogP contribution is 2.49. The summed E-state index contributed by atoms with van der Waals surface area (Å²) in [5.74, 6) is 0.0375. The van der Waals surface area contributed by atoms with Crippen LogP contribution >= 0.6 is 11.6 Å². The summed E-state index contributed by atoms with van der Waals surface area (Å²) in [5, 5.41) is 2.12. The lowest BCUT2D eigenvalue weighted by atomic mass is 9.70. The Balaban J connectivity index is 1.45. The molecule has 1 amide bonds. The van der Waals surface area contributed by atoms with E-state index in [4.69, 9.17) is 16.3 Å². The number of hydrogen-bond acceptors (Lipinski definition) is 5. The van der Waals surface area contributed by atoms with Crippen molar-refractivity contribution in [1.82, 2.24) is 10.3 Å². The van der Waals surface area contributed by atoms with Gasteiger partial charge in [0.25, 0.3) is 5.91 Å². The fraction of sp³-hybridized carbons (Fsp3) is 0.739. The molecule has 0 radical (unpaired) electrons. The van der Waals surface area contributed by atoms with E-state index < -0.39 is 33.5 Å². The zero-order chi connectivity index (χ0) is 24.7. The van der Waals surface area contributed by atoms with Crippen molar-refractivity contribution in [2.45, 2.75) is 69.2 Å². The number of methoxy groups -OCH3 is 1. The molecule has 3 aliphatic carbocycles. The second-order valence-corrected chi connectivity index (χ2v) is 12.9. The SMILES string of the molecule is COc1nc(C(F)(F)F)cc(Cl)c1C(=O)NCC1(CC2CC2)CCC(S(=O)(=O)CC2CC2)CC1. The van der Waals surface area contributed by atoms with Crippen molar-refractivity contribution >= 4 is 27.3 Å². The Morgan fingerprint density at radius 2 is 1.79 bits per heavy atom. The van der Waals surface area contributed by atoms with Crippen molar-refractivity contribution in [1.29, 1.82) is 0 Å². The molecule has 0 unspecified atom stereocenters. The molecule has 1 heterocycles. The fourth-order valence-corrected chi connectivity index (χ4v) is 7.53. The van der Waals surface area contributed by atoms with Crippen molar-refractivity contribution in [3.63, 3.8) is 0 Å². The number of halogens is 4. The Kier molecular flexibility index (Phi) is 7.12. The molecule has 1 N–H and O–H groups in total. The van der Waals surface area contributed by atoms with Gasteiger partial charge in [-0.1, -0.05) is 24.4 Å². The van der Waals surface area contributed by atoms with E-state index in [1.165, 1.54) is 0 Å². The highest BCUT2D eigenvalue weighted by Gasteiger charge is 2.44. The number of carbonyl (C=O) groups is 1. The van der Waals surface area contributed by atoms with Gasteiger partial charge in [0.1, 0.15) is 11.3 Å². The Morgan fingerprint density at radius 3 is 2.32 bits per heavy atom. The molecular weight excluding hydrogens is 493 g/mol. The normalized spacial score (nSPS) is 25.7. The minimum atomic E-state index is -4.72. The molecule has 4 rings (SSSR count). The summed E-state index contributed by atoms with van der Waals surface area (Å²) in [6, 6.07) is 0.620. The van der Waals surface area contributed by atoms with Gasteiger partial charge >= 0.3 is 6.18 Å². The lowest BCUT2D eigenvalue weighted by Crippen LogP contribution is -2.43. The van der Waals surface area contributed by atoms with E-state index >= 15 is 0 Å². The topological polar surface area (TPSA) is 85.4 Å². The predicted molar refractivity (Wildman–Crippen MR) is 122 cm³/mol. The van der Waals surface area contributed by atoms with Crippen LogP contribution in [0, 0.1) is 17.3 Å². The maximum absolute atomic E-state index is 13.1. The van der Waals surface area contributed by atoms with Crippen LogP contribution in [-0.2, 0) is 16.0 Å². The zero-order valence-electron chi connectivity index (χ0n) is 19.1. The van der Waals surface area contributed by atoms with E-state index in [2.05, 4.69) is 10.3 Å². The molecule has 0 spiro atoms. The second-order valence-electron chi connectivity index (χ2n) is 10.2. The van der Waals surface area contributed by atoms with E-state index in [-0.39, 0.29) is 27.0 Å². The Bertz CT molecular complexity index is 1030. The number of alkyl halides is 3. The molecule has 3 fully saturated rings. The summed E-state index contributed by atoms with van der Waals surface area (Å²) in [6.07, 6.45) is 2.94. The summed E-state index contributed by atoms with van der Waals surface area (Å²) in [7, 11) is -1.98. The van der Waals surface area contributed by atoms with Gasteiger partial charge in [0.15, 0.2) is 9.84 Å². The van der Waals surface area contributed by atoms with Crippen molar-refractivity contribution in [2.75, 3.05) is 19.4 Å². The third-order valence-corrected chi connectivity index (χ3v) is 10.1. The predicted octanol–water partition coefficient (Wildman–Crippen LogP) is 5.05. The van der Waals surface area contributed by atoms with Crippen LogP contribution in [0.15, 0.2) is 6.07 Å². The third kappa shape index (κ3) is 5.98. The standard InChI is InChI=1S/C23H30ClF3N2O4S/c1-33-21-19(17(24)10-18(29-21)23(25,26)27)20(30)28-13-22(11-14-2-3-14)8-6-16(7-9-22)34(31,32)12-15-4-5-15/h10,14-16H,2-9,11-13H2,1H3,(H,28,30). The van der Waals surface area contributed by atoms with Crippen molar-refractivity contribution < 1.29 is 31.1 Å². The first-order valence-electron chi connectivity index (χ1n) is 11.7. The number of rotatable bonds is 9. The summed E-state index contributed by atoms with van der Waals surface area (Å²) in [6.45, 7) is 0.304. The smallest absolute Gasteiger partial charge is 0.433 e. The van der Waals surface area contributed by atoms with Crippen molar-refractivity contribution in [2.24, 2.45) is 17.3 Å². The molecular formula is C23H30ClF3N2O4S. The maximum atomic E-state index is 13.1. The average Bonchev–Trinajstić information content (AvgIpc) is 3.69. The van der Waals surface area contributed by atoms with Gasteiger partial charge in [-0.05, 0) is 68.3 Å². The number of hydrogen-bond donors (Lipinski definition) is 1. The molecule has 0 saturated heterocycles. The minimum absolute atomic E-state index is 0.235. The van der Waals surface area contributed by atoms with Crippen LogP contribution in [-0.4, -0.2) is 44.0 Å². The van der Waals surface area contributed by atoms with Crippen LogP contribution in [0.5, 0.6) is 5.88 Å². The molecule has 11 heteroatoms. The monoisotopic (exact) mass is 522 g/mol. The number of ether oxygens (including phenoxy) is 1.